The fourth-order valence-electron chi connectivity index (χ4n) is 3.17. The second-order valence-electron chi connectivity index (χ2n) is 7.66. The van der Waals surface area contributed by atoms with Crippen LogP contribution >= 0.6 is 11.8 Å². The Morgan fingerprint density at radius 1 is 1.48 bits per heavy atom. The van der Waals surface area contributed by atoms with Crippen molar-refractivity contribution in [3.8, 4) is 0 Å². The molecular weight excluding hydrogens is 282 g/mol. The second kappa shape index (κ2) is 5.47. The smallest absolute Gasteiger partial charge is 0.282 e. The SMILES string of the molecule is CC(CC1=CC=CC2C1SC(=O)N2CC(C)(C)C)C1CO1. The Bertz CT molecular complexity index is 488. The molecule has 3 nitrogen and oxygen atoms in total. The van der Waals surface area contributed by atoms with Gasteiger partial charge in [-0.1, -0.05) is 63.3 Å². The minimum atomic E-state index is 0.134. The Hall–Kier alpha value is -0.740. The van der Waals surface area contributed by atoms with E-state index in [1.165, 1.54) is 17.3 Å². The average Bonchev–Trinajstić information content (AvgIpc) is 3.17. The summed E-state index contributed by atoms with van der Waals surface area (Å²) in [6, 6.07) is 0.231. The molecule has 2 saturated heterocycles. The van der Waals surface area contributed by atoms with Gasteiger partial charge in [0.05, 0.1) is 24.0 Å². The van der Waals surface area contributed by atoms with Gasteiger partial charge in [-0.3, -0.25) is 4.79 Å². The molecule has 3 aliphatic rings. The Labute approximate surface area is 131 Å². The lowest BCUT2D eigenvalue weighted by atomic mass is 9.89. The first kappa shape index (κ1) is 15.2. The van der Waals surface area contributed by atoms with Crippen molar-refractivity contribution in [1.82, 2.24) is 4.90 Å². The van der Waals surface area contributed by atoms with Crippen LogP contribution in [0.25, 0.3) is 0 Å². The molecule has 0 radical (unpaired) electrons. The molecule has 1 amide bonds. The second-order valence-corrected chi connectivity index (χ2v) is 8.76. The van der Waals surface area contributed by atoms with E-state index in [0.29, 0.717) is 17.3 Å². The van der Waals surface area contributed by atoms with Crippen LogP contribution in [-0.4, -0.2) is 40.7 Å². The number of allylic oxidation sites excluding steroid dienone is 2. The van der Waals surface area contributed by atoms with E-state index in [2.05, 4.69) is 50.8 Å². The number of carbonyl (C=O) groups is 1. The first-order valence-corrected chi connectivity index (χ1v) is 8.69. The van der Waals surface area contributed by atoms with Gasteiger partial charge in [0.15, 0.2) is 0 Å². The maximum Gasteiger partial charge on any atom is 0.282 e. The maximum atomic E-state index is 12.4. The monoisotopic (exact) mass is 307 g/mol. The Balaban J connectivity index is 1.72. The molecule has 4 unspecified atom stereocenters. The summed E-state index contributed by atoms with van der Waals surface area (Å²) in [5, 5.41) is 0.527. The van der Waals surface area contributed by atoms with Crippen LogP contribution in [0.2, 0.25) is 0 Å². The maximum absolute atomic E-state index is 12.4. The van der Waals surface area contributed by atoms with Gasteiger partial charge < -0.3 is 9.64 Å². The number of fused-ring (bicyclic) bond motifs is 1. The standard InChI is InChI=1S/C17H25NO2S/c1-11(14-9-20-14)8-12-6-5-7-13-15(12)21-16(19)18(13)10-17(2,3)4/h5-7,11,13-15H,8-10H2,1-4H3. The normalized spacial score (nSPS) is 33.0. The molecule has 0 bridgehead atoms. The summed E-state index contributed by atoms with van der Waals surface area (Å²) in [6.07, 6.45) is 8.01. The summed E-state index contributed by atoms with van der Waals surface area (Å²) < 4.78 is 5.40. The lowest BCUT2D eigenvalue weighted by molar-refractivity contribution is 0.186. The third-order valence-corrected chi connectivity index (χ3v) is 5.58. The van der Waals surface area contributed by atoms with Gasteiger partial charge in [0.1, 0.15) is 0 Å². The molecule has 4 heteroatoms. The number of amides is 1. The molecule has 116 valence electrons. The van der Waals surface area contributed by atoms with E-state index in [1.807, 2.05) is 0 Å². The number of nitrogens with zero attached hydrogens (tertiary/aromatic N) is 1. The predicted octanol–water partition coefficient (Wildman–Crippen LogP) is 3.86. The van der Waals surface area contributed by atoms with Gasteiger partial charge >= 0.3 is 0 Å². The van der Waals surface area contributed by atoms with Crippen molar-refractivity contribution >= 4 is 17.0 Å². The molecular formula is C17H25NO2S. The molecule has 0 aromatic rings. The van der Waals surface area contributed by atoms with E-state index in [4.69, 9.17) is 4.74 Å². The third kappa shape index (κ3) is 3.37. The summed E-state index contributed by atoms with van der Waals surface area (Å²) >= 11 is 1.51. The third-order valence-electron chi connectivity index (χ3n) is 4.31. The molecule has 0 spiro atoms. The highest BCUT2D eigenvalue weighted by atomic mass is 32.2. The van der Waals surface area contributed by atoms with Crippen LogP contribution in [0.5, 0.6) is 0 Å². The quantitative estimate of drug-likeness (QED) is 0.739. The van der Waals surface area contributed by atoms with Crippen molar-refractivity contribution in [2.24, 2.45) is 11.3 Å². The van der Waals surface area contributed by atoms with E-state index in [0.717, 1.165) is 19.6 Å². The lowest BCUT2D eigenvalue weighted by Crippen LogP contribution is -2.41. The molecule has 3 rings (SSSR count). The fourth-order valence-corrected chi connectivity index (χ4v) is 4.41. The van der Waals surface area contributed by atoms with Gasteiger partial charge in [0.2, 0.25) is 0 Å². The zero-order chi connectivity index (χ0) is 15.2. The van der Waals surface area contributed by atoms with Crippen LogP contribution in [-0.2, 0) is 4.74 Å². The Kier molecular flexibility index (Phi) is 3.95. The van der Waals surface area contributed by atoms with Crippen LogP contribution in [0, 0.1) is 11.3 Å². The van der Waals surface area contributed by atoms with E-state index in [-0.39, 0.29) is 16.7 Å². The van der Waals surface area contributed by atoms with Crippen molar-refractivity contribution in [3.63, 3.8) is 0 Å². The van der Waals surface area contributed by atoms with E-state index < -0.39 is 0 Å². The van der Waals surface area contributed by atoms with Gasteiger partial charge in [0, 0.05) is 6.54 Å². The molecule has 0 N–H and O–H groups in total. The summed E-state index contributed by atoms with van der Waals surface area (Å²) in [6.45, 7) is 10.5. The van der Waals surface area contributed by atoms with E-state index in [1.54, 1.807) is 0 Å². The number of hydrogen-bond acceptors (Lipinski definition) is 3. The molecule has 0 saturated carbocycles. The van der Waals surface area contributed by atoms with Gasteiger partial charge in [-0.15, -0.1) is 0 Å². The van der Waals surface area contributed by atoms with Gasteiger partial charge in [-0.05, 0) is 17.8 Å². The highest BCUT2D eigenvalue weighted by Crippen LogP contribution is 2.42. The van der Waals surface area contributed by atoms with Crippen LogP contribution in [0.1, 0.15) is 34.1 Å². The van der Waals surface area contributed by atoms with Gasteiger partial charge in [-0.25, -0.2) is 0 Å². The summed E-state index contributed by atoms with van der Waals surface area (Å²) in [5.41, 5.74) is 1.54. The predicted molar refractivity (Wildman–Crippen MR) is 87.5 cm³/mol. The summed E-state index contributed by atoms with van der Waals surface area (Å²) in [7, 11) is 0. The molecule has 21 heavy (non-hydrogen) atoms. The highest BCUT2D eigenvalue weighted by Gasteiger charge is 2.44. The van der Waals surface area contributed by atoms with Crippen molar-refractivity contribution in [3.05, 3.63) is 23.8 Å². The fraction of sp³-hybridized carbons (Fsp3) is 0.706. The zero-order valence-corrected chi connectivity index (χ0v) is 14.2. The average molecular weight is 307 g/mol. The van der Waals surface area contributed by atoms with Gasteiger partial charge in [0.25, 0.3) is 5.24 Å². The molecule has 2 aliphatic heterocycles. The summed E-state index contributed by atoms with van der Waals surface area (Å²) in [4.78, 5) is 14.5. The van der Waals surface area contributed by atoms with Crippen molar-refractivity contribution in [1.29, 1.82) is 0 Å². The molecule has 1 aliphatic carbocycles. The van der Waals surface area contributed by atoms with Crippen LogP contribution in [0.4, 0.5) is 4.79 Å². The largest absolute Gasteiger partial charge is 0.373 e. The van der Waals surface area contributed by atoms with E-state index in [9.17, 15) is 4.79 Å². The lowest BCUT2D eigenvalue weighted by Gasteiger charge is -2.32. The molecule has 0 aromatic heterocycles. The highest BCUT2D eigenvalue weighted by molar-refractivity contribution is 8.14. The number of epoxide rings is 1. The number of carbonyl (C=O) groups excluding carboxylic acids is 1. The molecule has 2 fully saturated rings. The Morgan fingerprint density at radius 3 is 2.81 bits per heavy atom. The van der Waals surface area contributed by atoms with Crippen molar-refractivity contribution in [2.75, 3.05) is 13.2 Å². The number of hydrogen-bond donors (Lipinski definition) is 0. The zero-order valence-electron chi connectivity index (χ0n) is 13.3. The molecule has 0 aromatic carbocycles. The van der Waals surface area contributed by atoms with Crippen LogP contribution < -0.4 is 0 Å². The Morgan fingerprint density at radius 2 is 2.19 bits per heavy atom. The van der Waals surface area contributed by atoms with E-state index >= 15 is 0 Å². The topological polar surface area (TPSA) is 32.8 Å². The number of rotatable bonds is 4. The summed E-state index contributed by atoms with van der Waals surface area (Å²) in [5.74, 6) is 0.552. The first-order chi connectivity index (χ1) is 9.85. The number of ether oxygens (including phenoxy) is 1. The van der Waals surface area contributed by atoms with Gasteiger partial charge in [-0.2, -0.15) is 0 Å². The van der Waals surface area contributed by atoms with Crippen molar-refractivity contribution < 1.29 is 9.53 Å². The first-order valence-electron chi connectivity index (χ1n) is 7.81. The van der Waals surface area contributed by atoms with Crippen molar-refractivity contribution in [2.45, 2.75) is 51.5 Å². The molecule has 2 heterocycles. The van der Waals surface area contributed by atoms with Crippen LogP contribution in [0.15, 0.2) is 23.8 Å². The van der Waals surface area contributed by atoms with Crippen LogP contribution in [0.3, 0.4) is 0 Å². The minimum absolute atomic E-state index is 0.134. The minimum Gasteiger partial charge on any atom is -0.373 e. The molecule has 4 atom stereocenters. The number of thioether (sulfide) groups is 1.